The Morgan fingerprint density at radius 2 is 1.96 bits per heavy atom. The summed E-state index contributed by atoms with van der Waals surface area (Å²) >= 11 is 4.88. The Bertz CT molecular complexity index is 837. The molecule has 1 aromatic carbocycles. The molecule has 0 spiro atoms. The van der Waals surface area contributed by atoms with E-state index in [1.807, 2.05) is 19.1 Å². The second kappa shape index (κ2) is 9.08. The van der Waals surface area contributed by atoms with Crippen LogP contribution in [0.15, 0.2) is 40.2 Å². The van der Waals surface area contributed by atoms with Crippen LogP contribution in [0.25, 0.3) is 0 Å². The molecule has 132 valence electrons. The highest BCUT2D eigenvalue weighted by molar-refractivity contribution is 7.71. The number of hydrogen-bond donors (Lipinski definition) is 3. The zero-order chi connectivity index (χ0) is 18.2. The molecule has 2 rings (SSSR count). The largest absolute Gasteiger partial charge is 0.335 e. The lowest BCUT2D eigenvalue weighted by atomic mass is 10.0. The number of H-pyrrole nitrogens is 2. The first-order valence-electron chi connectivity index (χ1n) is 8.23. The third-order valence-corrected chi connectivity index (χ3v) is 3.91. The van der Waals surface area contributed by atoms with E-state index in [4.69, 9.17) is 12.2 Å². The molecule has 1 aromatic heterocycles. The summed E-state index contributed by atoms with van der Waals surface area (Å²) in [7, 11) is 0. The van der Waals surface area contributed by atoms with E-state index in [0.717, 1.165) is 12.0 Å². The number of hydrogen-bond acceptors (Lipinski definition) is 4. The molecule has 0 fully saturated rings. The molecule has 0 unspecified atom stereocenters. The number of nitrogens with zero attached hydrogens (tertiary/aromatic N) is 1. The van der Waals surface area contributed by atoms with Gasteiger partial charge in [0.25, 0.3) is 5.56 Å². The van der Waals surface area contributed by atoms with Crippen LogP contribution in [0.4, 0.5) is 0 Å². The zero-order valence-electron chi connectivity index (χ0n) is 14.4. The Morgan fingerprint density at radius 1 is 1.24 bits per heavy atom. The summed E-state index contributed by atoms with van der Waals surface area (Å²) < 4.78 is 0.193. The van der Waals surface area contributed by atoms with Crippen LogP contribution < -0.4 is 11.0 Å². The molecule has 0 aliphatic carbocycles. The monoisotopic (exact) mass is 358 g/mol. The van der Waals surface area contributed by atoms with Gasteiger partial charge in [-0.05, 0) is 43.1 Å². The Balaban J connectivity index is 1.96. The predicted molar refractivity (Wildman–Crippen MR) is 101 cm³/mol. The van der Waals surface area contributed by atoms with Gasteiger partial charge in [0.2, 0.25) is 5.91 Å². The molecule has 7 heteroatoms. The number of aromatic nitrogens is 2. The maximum Gasteiger partial charge on any atom is 0.251 e. The predicted octanol–water partition coefficient (Wildman–Crippen LogP) is 2.86. The van der Waals surface area contributed by atoms with Gasteiger partial charge in [0.15, 0.2) is 4.77 Å². The Morgan fingerprint density at radius 3 is 2.60 bits per heavy atom. The third-order valence-electron chi connectivity index (χ3n) is 3.71. The lowest BCUT2D eigenvalue weighted by molar-refractivity contribution is -0.120. The van der Waals surface area contributed by atoms with E-state index in [1.54, 1.807) is 0 Å². The van der Waals surface area contributed by atoms with E-state index in [-0.39, 0.29) is 22.7 Å². The minimum Gasteiger partial charge on any atom is -0.335 e. The molecule has 0 saturated carbocycles. The summed E-state index contributed by atoms with van der Waals surface area (Å²) in [5.74, 6) is -0.324. The van der Waals surface area contributed by atoms with Crippen LogP contribution in [-0.4, -0.2) is 21.6 Å². The van der Waals surface area contributed by atoms with Crippen molar-refractivity contribution in [1.29, 1.82) is 0 Å². The first kappa shape index (κ1) is 18.8. The number of unbranched alkanes of at least 4 members (excludes halogenated alkanes) is 1. The highest BCUT2D eigenvalue weighted by Gasteiger charge is 2.05. The van der Waals surface area contributed by atoms with Gasteiger partial charge in [-0.3, -0.25) is 14.6 Å². The Kier molecular flexibility index (Phi) is 6.82. The molecule has 1 heterocycles. The summed E-state index contributed by atoms with van der Waals surface area (Å²) in [6.45, 7) is 4.01. The molecule has 25 heavy (non-hydrogen) atoms. The van der Waals surface area contributed by atoms with Crippen molar-refractivity contribution in [1.82, 2.24) is 15.4 Å². The molecular formula is C18H22N4O2S. The Hall–Kier alpha value is -2.54. The van der Waals surface area contributed by atoms with Crippen molar-refractivity contribution in [3.63, 3.8) is 0 Å². The molecule has 0 atom stereocenters. The smallest absolute Gasteiger partial charge is 0.251 e. The van der Waals surface area contributed by atoms with Crippen molar-refractivity contribution in [3.05, 3.63) is 62.3 Å². The van der Waals surface area contributed by atoms with E-state index < -0.39 is 0 Å². The lowest BCUT2D eigenvalue weighted by Gasteiger charge is -2.05. The number of aryl methyl sites for hydroxylation is 1. The van der Waals surface area contributed by atoms with Gasteiger partial charge in [0, 0.05) is 11.8 Å². The lowest BCUT2D eigenvalue weighted by Crippen LogP contribution is -2.23. The average Bonchev–Trinajstić information content (AvgIpc) is 2.57. The quantitative estimate of drug-likeness (QED) is 0.404. The van der Waals surface area contributed by atoms with Crippen molar-refractivity contribution in [2.24, 2.45) is 5.10 Å². The van der Waals surface area contributed by atoms with Crippen LogP contribution in [0, 0.1) is 4.77 Å². The van der Waals surface area contributed by atoms with Gasteiger partial charge < -0.3 is 4.98 Å². The molecule has 2 aromatic rings. The fourth-order valence-corrected chi connectivity index (χ4v) is 2.56. The number of carbonyl (C=O) groups excluding carboxylic acids is 1. The third kappa shape index (κ3) is 6.11. The van der Waals surface area contributed by atoms with Gasteiger partial charge in [0.1, 0.15) is 0 Å². The molecule has 0 saturated heterocycles. The highest BCUT2D eigenvalue weighted by Crippen LogP contribution is 2.08. The summed E-state index contributed by atoms with van der Waals surface area (Å²) in [5.41, 5.74) is 5.58. The van der Waals surface area contributed by atoms with Crippen molar-refractivity contribution >= 4 is 23.8 Å². The molecule has 0 aliphatic heterocycles. The second-order valence-electron chi connectivity index (χ2n) is 5.82. The minimum atomic E-state index is -0.339. The minimum absolute atomic E-state index is 0.000293. The number of carbonyl (C=O) groups is 1. The number of rotatable bonds is 7. The van der Waals surface area contributed by atoms with E-state index in [9.17, 15) is 9.59 Å². The van der Waals surface area contributed by atoms with Gasteiger partial charge in [-0.15, -0.1) is 0 Å². The normalized spacial score (nSPS) is 11.4. The summed E-state index contributed by atoms with van der Waals surface area (Å²) in [5, 5.41) is 4.12. The van der Waals surface area contributed by atoms with Gasteiger partial charge in [-0.2, -0.15) is 5.10 Å². The maximum atomic E-state index is 12.0. The standard InChI is InChI=1S/C18H22N4O2S/c1-3-4-5-13-6-8-14(9-7-13)12(2)21-22-17(24)11-15-10-16(23)20-18(25)19-15/h6-10H,3-5,11H2,1-2H3,(H,22,24)(H2,19,20,23,25)/b21-12-. The van der Waals surface area contributed by atoms with Crippen molar-refractivity contribution < 1.29 is 4.79 Å². The molecule has 3 N–H and O–H groups in total. The number of benzene rings is 1. The van der Waals surface area contributed by atoms with Crippen molar-refractivity contribution in [3.8, 4) is 0 Å². The summed E-state index contributed by atoms with van der Waals surface area (Å²) in [6.07, 6.45) is 3.42. The average molecular weight is 358 g/mol. The van der Waals surface area contributed by atoms with Gasteiger partial charge >= 0.3 is 0 Å². The number of hydrazone groups is 1. The zero-order valence-corrected chi connectivity index (χ0v) is 15.2. The van der Waals surface area contributed by atoms with Gasteiger partial charge in [-0.1, -0.05) is 37.6 Å². The van der Waals surface area contributed by atoms with Crippen LogP contribution in [0.2, 0.25) is 0 Å². The number of nitrogens with one attached hydrogen (secondary N) is 3. The Labute approximate surface area is 151 Å². The molecule has 0 bridgehead atoms. The van der Waals surface area contributed by atoms with E-state index >= 15 is 0 Å². The van der Waals surface area contributed by atoms with Crippen LogP contribution >= 0.6 is 12.2 Å². The summed E-state index contributed by atoms with van der Waals surface area (Å²) in [4.78, 5) is 28.5. The van der Waals surface area contributed by atoms with Crippen molar-refractivity contribution in [2.75, 3.05) is 0 Å². The van der Waals surface area contributed by atoms with Crippen LogP contribution in [0.5, 0.6) is 0 Å². The highest BCUT2D eigenvalue weighted by atomic mass is 32.1. The maximum absolute atomic E-state index is 12.0. The second-order valence-corrected chi connectivity index (χ2v) is 6.23. The molecule has 6 nitrogen and oxygen atoms in total. The molecule has 0 aliphatic rings. The van der Waals surface area contributed by atoms with Gasteiger partial charge in [0.05, 0.1) is 12.1 Å². The topological polar surface area (TPSA) is 90.1 Å². The van der Waals surface area contributed by atoms with Crippen LogP contribution in [0.3, 0.4) is 0 Å². The van der Waals surface area contributed by atoms with E-state index in [0.29, 0.717) is 11.4 Å². The first-order chi connectivity index (χ1) is 12.0. The van der Waals surface area contributed by atoms with E-state index in [2.05, 4.69) is 39.6 Å². The molecular weight excluding hydrogens is 336 g/mol. The van der Waals surface area contributed by atoms with Gasteiger partial charge in [-0.25, -0.2) is 5.43 Å². The van der Waals surface area contributed by atoms with Crippen LogP contribution in [0.1, 0.15) is 43.5 Å². The molecule has 0 radical (unpaired) electrons. The molecule has 1 amide bonds. The fourth-order valence-electron chi connectivity index (χ4n) is 2.33. The van der Waals surface area contributed by atoms with E-state index in [1.165, 1.54) is 24.5 Å². The first-order valence-corrected chi connectivity index (χ1v) is 8.63. The number of aromatic amines is 2. The summed E-state index contributed by atoms with van der Waals surface area (Å²) in [6, 6.07) is 9.49. The number of amides is 1. The SMILES string of the molecule is CCCCc1ccc(/C(C)=N\NC(=O)Cc2cc(=O)[nH]c(=S)[nH]2)cc1. The van der Waals surface area contributed by atoms with Crippen LogP contribution in [-0.2, 0) is 17.6 Å². The fraction of sp³-hybridized carbons (Fsp3) is 0.333. The van der Waals surface area contributed by atoms with Crippen molar-refractivity contribution in [2.45, 2.75) is 39.5 Å².